The average molecular weight is 898 g/mol. The standard InChI is InChI=1S/C54H79N3O6S/c1-10-62-47(58)52(35-63-46-38(34-55)12-11-32-56-46)24-15-37(16-25-52)41-20-22-49(6)43(48(41,4)5)21-23-51(8)44(49)14-13-42-45-40(36(2)3)19-28-54(45,30-29-50(42,51)7)57-33-31-53(59)26-17-39(18-27-53)64(9,60)61/h11-12,15,20,32,39-40,42-45,57,59H,2,10,13-14,16-19,21-31,33,35H2,1,3-9H3/t39?,40-,42+,43-,44+,45+,49-,50+,51+,52+,53?,54-/m0/s1. The molecule has 9 nitrogen and oxygen atoms in total. The van der Waals surface area contributed by atoms with Crippen LogP contribution in [0.4, 0.5) is 0 Å². The molecule has 7 aliphatic carbocycles. The molecule has 0 amide bonds. The van der Waals surface area contributed by atoms with Crippen LogP contribution >= 0.6 is 0 Å². The molecule has 0 aromatic carbocycles. The predicted molar refractivity (Wildman–Crippen MR) is 253 cm³/mol. The lowest BCUT2D eigenvalue weighted by Gasteiger charge is -2.72. The van der Waals surface area contributed by atoms with E-state index in [0.29, 0.717) is 86.7 Å². The molecule has 64 heavy (non-hydrogen) atoms. The van der Waals surface area contributed by atoms with E-state index in [4.69, 9.17) is 9.47 Å². The fourth-order valence-corrected chi connectivity index (χ4v) is 17.6. The second-order valence-corrected chi connectivity index (χ2v) is 25.8. The number of hydrogen-bond acceptors (Lipinski definition) is 9. The number of aromatic nitrogens is 1. The minimum Gasteiger partial charge on any atom is -0.475 e. The smallest absolute Gasteiger partial charge is 0.315 e. The molecule has 0 saturated heterocycles. The number of rotatable bonds is 12. The number of allylic oxidation sites excluding steroid dienone is 5. The first-order chi connectivity index (χ1) is 30.1. The van der Waals surface area contributed by atoms with E-state index in [1.165, 1.54) is 61.5 Å². The van der Waals surface area contributed by atoms with Gasteiger partial charge in [-0.2, -0.15) is 5.26 Å². The van der Waals surface area contributed by atoms with E-state index in [9.17, 15) is 23.6 Å². The Kier molecular flexibility index (Phi) is 12.6. The van der Waals surface area contributed by atoms with Crippen molar-refractivity contribution in [1.82, 2.24) is 10.3 Å². The van der Waals surface area contributed by atoms with Crippen LogP contribution in [0.5, 0.6) is 5.88 Å². The third kappa shape index (κ3) is 7.75. The van der Waals surface area contributed by atoms with Crippen LogP contribution in [0, 0.1) is 68.0 Å². The Labute approximate surface area is 385 Å². The van der Waals surface area contributed by atoms with Crippen LogP contribution < -0.4 is 10.1 Å². The van der Waals surface area contributed by atoms with Gasteiger partial charge in [0.1, 0.15) is 33.5 Å². The van der Waals surface area contributed by atoms with E-state index < -0.39 is 20.9 Å². The van der Waals surface area contributed by atoms with Gasteiger partial charge in [0.05, 0.1) is 17.5 Å². The molecule has 1 aromatic rings. The van der Waals surface area contributed by atoms with E-state index in [2.05, 4.69) is 76.6 Å². The molecule has 352 valence electrons. The molecule has 0 spiro atoms. The molecule has 0 aliphatic heterocycles. The highest BCUT2D eigenvalue weighted by Gasteiger charge is 2.70. The summed E-state index contributed by atoms with van der Waals surface area (Å²) >= 11 is 0. The van der Waals surface area contributed by atoms with Crippen molar-refractivity contribution in [2.75, 3.05) is 26.0 Å². The van der Waals surface area contributed by atoms with Crippen molar-refractivity contribution in [1.29, 1.82) is 5.26 Å². The molecular weight excluding hydrogens is 819 g/mol. The Morgan fingerprint density at radius 3 is 2.36 bits per heavy atom. The maximum atomic E-state index is 13.6. The molecule has 1 aromatic heterocycles. The van der Waals surface area contributed by atoms with E-state index in [1.54, 1.807) is 18.3 Å². The SMILES string of the molecule is C=C(C)[C@@H]1CC[C@]2(NCCC3(O)CCC(S(C)(=O)=O)CC3)CC[C@]3(C)[C@H](CC[C@@H]4[C@@]5(C)CC=C(C6=CC[C@@](COc7ncccc7C#N)(C(=O)OCC)CC6)C(C)(C)[C@@H]5CC[C@]43C)[C@@H]12. The van der Waals surface area contributed by atoms with Gasteiger partial charge in [0.15, 0.2) is 0 Å². The van der Waals surface area contributed by atoms with Gasteiger partial charge >= 0.3 is 5.97 Å². The zero-order valence-corrected chi connectivity index (χ0v) is 41.3. The fraction of sp³-hybridized carbons (Fsp3) is 0.759. The summed E-state index contributed by atoms with van der Waals surface area (Å²) in [5.41, 5.74) is 3.51. The summed E-state index contributed by atoms with van der Waals surface area (Å²) in [6, 6.07) is 5.56. The van der Waals surface area contributed by atoms with Gasteiger partial charge in [-0.3, -0.25) is 4.79 Å². The largest absolute Gasteiger partial charge is 0.475 e. The number of fused-ring (bicyclic) bond motifs is 7. The highest BCUT2D eigenvalue weighted by atomic mass is 32.2. The molecule has 0 radical (unpaired) electrons. The van der Waals surface area contributed by atoms with Crippen LogP contribution in [0.1, 0.15) is 163 Å². The summed E-state index contributed by atoms with van der Waals surface area (Å²) in [7, 11) is -3.08. The van der Waals surface area contributed by atoms with Gasteiger partial charge in [-0.05, 0) is 204 Å². The summed E-state index contributed by atoms with van der Waals surface area (Å²) in [6.45, 7) is 23.0. The highest BCUT2D eigenvalue weighted by molar-refractivity contribution is 7.91. The van der Waals surface area contributed by atoms with Gasteiger partial charge in [-0.1, -0.05) is 58.9 Å². The summed E-state index contributed by atoms with van der Waals surface area (Å²) in [6.07, 6.45) is 23.5. The third-order valence-corrected chi connectivity index (χ3v) is 21.9. The van der Waals surface area contributed by atoms with E-state index >= 15 is 0 Å². The lowest BCUT2D eigenvalue weighted by Crippen LogP contribution is -2.68. The van der Waals surface area contributed by atoms with Crippen molar-refractivity contribution < 1.29 is 27.8 Å². The molecule has 0 unspecified atom stereocenters. The summed E-state index contributed by atoms with van der Waals surface area (Å²) in [5, 5.41) is 25.1. The van der Waals surface area contributed by atoms with Crippen LogP contribution in [0.3, 0.4) is 0 Å². The van der Waals surface area contributed by atoms with E-state index in [1.807, 2.05) is 6.92 Å². The number of nitrogens with one attached hydrogen (secondary N) is 1. The Bertz CT molecular complexity index is 2200. The minimum absolute atomic E-state index is 0.0236. The number of carbonyl (C=O) groups excluding carboxylic acids is 1. The van der Waals surface area contributed by atoms with Gasteiger partial charge in [-0.15, -0.1) is 0 Å². The van der Waals surface area contributed by atoms with Gasteiger partial charge < -0.3 is 19.9 Å². The molecule has 10 heteroatoms. The summed E-state index contributed by atoms with van der Waals surface area (Å²) in [4.78, 5) is 17.9. The number of esters is 1. The predicted octanol–water partition coefficient (Wildman–Crippen LogP) is 10.6. The average Bonchev–Trinajstić information content (AvgIpc) is 3.63. The topological polar surface area (TPSA) is 139 Å². The van der Waals surface area contributed by atoms with Crippen molar-refractivity contribution in [3.63, 3.8) is 0 Å². The number of nitrogens with zero attached hydrogens (tertiary/aromatic N) is 2. The lowest BCUT2D eigenvalue weighted by molar-refractivity contribution is -0.221. The number of carbonyl (C=O) groups is 1. The van der Waals surface area contributed by atoms with Gasteiger partial charge in [-0.25, -0.2) is 13.4 Å². The van der Waals surface area contributed by atoms with Crippen LogP contribution in [-0.4, -0.2) is 66.9 Å². The van der Waals surface area contributed by atoms with Crippen molar-refractivity contribution in [2.45, 2.75) is 174 Å². The van der Waals surface area contributed by atoms with Crippen LogP contribution in [0.15, 0.2) is 53.8 Å². The summed E-state index contributed by atoms with van der Waals surface area (Å²) < 4.78 is 36.3. The second-order valence-electron chi connectivity index (χ2n) is 23.5. The van der Waals surface area contributed by atoms with Gasteiger partial charge in [0.2, 0.25) is 5.88 Å². The molecule has 10 atom stereocenters. The van der Waals surface area contributed by atoms with Crippen molar-refractivity contribution >= 4 is 15.8 Å². The lowest BCUT2D eigenvalue weighted by atomic mass is 9.33. The number of ether oxygens (including phenoxy) is 2. The molecule has 5 saturated carbocycles. The third-order valence-electron chi connectivity index (χ3n) is 20.2. The first-order valence-electron chi connectivity index (χ1n) is 25.0. The van der Waals surface area contributed by atoms with Crippen molar-refractivity contribution in [3.8, 4) is 11.9 Å². The molecule has 8 rings (SSSR count). The molecule has 0 bridgehead atoms. The Morgan fingerprint density at radius 2 is 1.70 bits per heavy atom. The first-order valence-corrected chi connectivity index (χ1v) is 26.9. The summed E-state index contributed by atoms with van der Waals surface area (Å²) in [5.74, 6) is 2.82. The number of pyridine rings is 1. The first kappa shape index (κ1) is 47.5. The highest BCUT2D eigenvalue weighted by Crippen LogP contribution is 2.76. The van der Waals surface area contributed by atoms with Crippen LogP contribution in [0.25, 0.3) is 0 Å². The van der Waals surface area contributed by atoms with Crippen LogP contribution in [0.2, 0.25) is 0 Å². The Hall–Kier alpha value is -3.00. The monoisotopic (exact) mass is 898 g/mol. The quantitative estimate of drug-likeness (QED) is 0.155. The number of sulfone groups is 1. The van der Waals surface area contributed by atoms with Crippen molar-refractivity contribution in [2.24, 2.45) is 56.7 Å². The van der Waals surface area contributed by atoms with Gasteiger partial charge in [0.25, 0.3) is 0 Å². The second kappa shape index (κ2) is 17.0. The molecule has 2 N–H and O–H groups in total. The van der Waals surface area contributed by atoms with Crippen LogP contribution in [-0.2, 0) is 19.4 Å². The van der Waals surface area contributed by atoms with Crippen molar-refractivity contribution in [3.05, 3.63) is 59.3 Å². The number of aliphatic hydroxyl groups is 1. The zero-order valence-electron chi connectivity index (χ0n) is 40.5. The zero-order chi connectivity index (χ0) is 46.1. The Morgan fingerprint density at radius 1 is 0.953 bits per heavy atom. The van der Waals surface area contributed by atoms with Gasteiger partial charge in [0, 0.05) is 18.0 Å². The fourth-order valence-electron chi connectivity index (χ4n) is 16.6. The molecule has 5 fully saturated rings. The van der Waals surface area contributed by atoms with E-state index in [0.717, 1.165) is 32.2 Å². The molecule has 1 heterocycles. The normalized spacial score (nSPS) is 41.4. The minimum atomic E-state index is -3.08. The molecule has 7 aliphatic rings. The Balaban J connectivity index is 1.00. The molecular formula is C54H79N3O6S. The van der Waals surface area contributed by atoms with E-state index in [-0.39, 0.29) is 50.9 Å². The maximum absolute atomic E-state index is 13.6. The number of nitriles is 1. The number of hydrogen-bond donors (Lipinski definition) is 2. The maximum Gasteiger partial charge on any atom is 0.315 e.